The summed E-state index contributed by atoms with van der Waals surface area (Å²) in [6.07, 6.45) is 14.1. The van der Waals surface area contributed by atoms with E-state index < -0.39 is 6.04 Å². The molecule has 1 fully saturated rings. The summed E-state index contributed by atoms with van der Waals surface area (Å²) in [5.74, 6) is 2.25. The van der Waals surface area contributed by atoms with Gasteiger partial charge in [-0.2, -0.15) is 9.97 Å². The molecule has 3 heterocycles. The molecule has 1 aromatic carbocycles. The Hall–Kier alpha value is -3.91. The summed E-state index contributed by atoms with van der Waals surface area (Å²) in [6.45, 7) is 0.974. The number of nitrogens with one attached hydrogen (secondary N) is 3. The highest BCUT2D eigenvalue weighted by atomic mass is 35.5. The van der Waals surface area contributed by atoms with Gasteiger partial charge in [0.25, 0.3) is 0 Å². The highest BCUT2D eigenvalue weighted by molar-refractivity contribution is 6.30. The van der Waals surface area contributed by atoms with Crippen molar-refractivity contribution in [2.75, 3.05) is 10.6 Å². The molecule has 0 bridgehead atoms. The van der Waals surface area contributed by atoms with Gasteiger partial charge < -0.3 is 20.5 Å². The summed E-state index contributed by atoms with van der Waals surface area (Å²) in [6, 6.07) is 16.9. The molecule has 39 heavy (non-hydrogen) atoms. The van der Waals surface area contributed by atoms with Crippen molar-refractivity contribution in [3.63, 3.8) is 0 Å². The summed E-state index contributed by atoms with van der Waals surface area (Å²) < 4.78 is 1.93. The van der Waals surface area contributed by atoms with E-state index in [0.717, 1.165) is 30.4 Å². The SMILES string of the molecule is O=C(NCc1ccncc1)C(CC1CCCCC1)Nc1cc(-n2cccc2)nc(NCc2cccc(Cl)c2)n1. The summed E-state index contributed by atoms with van der Waals surface area (Å²) >= 11 is 6.16. The van der Waals surface area contributed by atoms with Crippen LogP contribution in [0.15, 0.2) is 79.4 Å². The molecule has 3 aromatic heterocycles. The van der Waals surface area contributed by atoms with E-state index in [9.17, 15) is 4.79 Å². The molecule has 0 aliphatic heterocycles. The molecule has 1 amide bonds. The first kappa shape index (κ1) is 26.7. The molecular weight excluding hydrogens is 510 g/mol. The number of carbonyl (C=O) groups excluding carboxylic acids is 1. The standard InChI is InChI=1S/C30H34ClN7O/c31-25-10-6-9-24(17-25)21-34-30-36-27(19-28(37-30)38-15-4-5-16-38)35-26(18-22-7-2-1-3-8-22)29(39)33-20-23-11-13-32-14-12-23/h4-6,9-17,19,22,26H,1-3,7-8,18,20-21H2,(H,33,39)(H2,34,35,36,37). The van der Waals surface area contributed by atoms with Crippen molar-refractivity contribution in [1.82, 2.24) is 24.8 Å². The number of rotatable bonds is 11. The number of nitrogens with zero attached hydrogens (tertiary/aromatic N) is 4. The lowest BCUT2D eigenvalue weighted by Crippen LogP contribution is -2.41. The predicted molar refractivity (Wildman–Crippen MR) is 155 cm³/mol. The van der Waals surface area contributed by atoms with Gasteiger partial charge in [0.15, 0.2) is 0 Å². The van der Waals surface area contributed by atoms with Gasteiger partial charge >= 0.3 is 0 Å². The van der Waals surface area contributed by atoms with Gasteiger partial charge in [0.2, 0.25) is 11.9 Å². The van der Waals surface area contributed by atoms with E-state index in [1.54, 1.807) is 12.4 Å². The summed E-state index contributed by atoms with van der Waals surface area (Å²) in [5, 5.41) is 10.6. The Morgan fingerprint density at radius 2 is 1.74 bits per heavy atom. The fourth-order valence-corrected chi connectivity index (χ4v) is 5.23. The van der Waals surface area contributed by atoms with Gasteiger partial charge in [-0.05, 0) is 59.9 Å². The number of aromatic nitrogens is 4. The Morgan fingerprint density at radius 3 is 2.51 bits per heavy atom. The van der Waals surface area contributed by atoms with Gasteiger partial charge in [0.05, 0.1) is 0 Å². The van der Waals surface area contributed by atoms with E-state index in [1.807, 2.05) is 71.6 Å². The highest BCUT2D eigenvalue weighted by Crippen LogP contribution is 2.28. The summed E-state index contributed by atoms with van der Waals surface area (Å²) in [5.41, 5.74) is 2.04. The fraction of sp³-hybridized carbons (Fsp3) is 0.333. The maximum atomic E-state index is 13.5. The van der Waals surface area contributed by atoms with Crippen LogP contribution in [0.1, 0.15) is 49.7 Å². The van der Waals surface area contributed by atoms with Crippen LogP contribution in [0.4, 0.5) is 11.8 Å². The van der Waals surface area contributed by atoms with Crippen molar-refractivity contribution < 1.29 is 4.79 Å². The first-order chi connectivity index (χ1) is 19.1. The van der Waals surface area contributed by atoms with Crippen LogP contribution in [0.25, 0.3) is 5.82 Å². The third-order valence-corrected chi connectivity index (χ3v) is 7.30. The normalized spacial score (nSPS) is 14.5. The van der Waals surface area contributed by atoms with Crippen LogP contribution in [-0.4, -0.2) is 31.5 Å². The van der Waals surface area contributed by atoms with Gasteiger partial charge in [0, 0.05) is 49.0 Å². The van der Waals surface area contributed by atoms with Crippen LogP contribution in [0.2, 0.25) is 5.02 Å². The van der Waals surface area contributed by atoms with E-state index in [2.05, 4.69) is 20.9 Å². The smallest absolute Gasteiger partial charge is 0.242 e. The molecule has 1 aliphatic rings. The molecular formula is C30H34ClN7O. The minimum absolute atomic E-state index is 0.0352. The van der Waals surface area contributed by atoms with Crippen molar-refractivity contribution in [3.05, 3.63) is 95.5 Å². The lowest BCUT2D eigenvalue weighted by molar-refractivity contribution is -0.122. The molecule has 5 rings (SSSR count). The average molecular weight is 544 g/mol. The second-order valence-electron chi connectivity index (χ2n) is 10.0. The monoisotopic (exact) mass is 543 g/mol. The molecule has 202 valence electrons. The van der Waals surface area contributed by atoms with Crippen LogP contribution in [0, 0.1) is 5.92 Å². The molecule has 9 heteroatoms. The number of hydrogen-bond donors (Lipinski definition) is 3. The van der Waals surface area contributed by atoms with Crippen LogP contribution in [-0.2, 0) is 17.9 Å². The molecule has 0 saturated heterocycles. The first-order valence-electron chi connectivity index (χ1n) is 13.6. The highest BCUT2D eigenvalue weighted by Gasteiger charge is 2.25. The Bertz CT molecular complexity index is 1340. The zero-order chi connectivity index (χ0) is 26.9. The number of halogens is 1. The molecule has 3 N–H and O–H groups in total. The molecule has 4 aromatic rings. The van der Waals surface area contributed by atoms with Crippen molar-refractivity contribution in [2.45, 2.75) is 57.7 Å². The zero-order valence-electron chi connectivity index (χ0n) is 21.9. The third-order valence-electron chi connectivity index (χ3n) is 7.07. The predicted octanol–water partition coefficient (Wildman–Crippen LogP) is 6.00. The second kappa shape index (κ2) is 13.2. The van der Waals surface area contributed by atoms with Gasteiger partial charge in [-0.3, -0.25) is 9.78 Å². The number of pyridine rings is 1. The third kappa shape index (κ3) is 7.80. The van der Waals surface area contributed by atoms with E-state index in [1.165, 1.54) is 19.3 Å². The van der Waals surface area contributed by atoms with Crippen molar-refractivity contribution in [2.24, 2.45) is 5.92 Å². The van der Waals surface area contributed by atoms with E-state index >= 15 is 0 Å². The average Bonchev–Trinajstić information content (AvgIpc) is 3.51. The topological polar surface area (TPSA) is 96.8 Å². The van der Waals surface area contributed by atoms with Gasteiger partial charge in [-0.25, -0.2) is 0 Å². The summed E-state index contributed by atoms with van der Waals surface area (Å²) in [4.78, 5) is 27.0. The first-order valence-corrected chi connectivity index (χ1v) is 13.9. The Morgan fingerprint density at radius 1 is 0.949 bits per heavy atom. The number of hydrogen-bond acceptors (Lipinski definition) is 6. The maximum Gasteiger partial charge on any atom is 0.242 e. The minimum Gasteiger partial charge on any atom is -0.358 e. The quantitative estimate of drug-likeness (QED) is 0.215. The number of benzene rings is 1. The van der Waals surface area contributed by atoms with Crippen molar-refractivity contribution in [3.8, 4) is 5.82 Å². The molecule has 1 atom stereocenters. The van der Waals surface area contributed by atoms with E-state index in [-0.39, 0.29) is 5.91 Å². The van der Waals surface area contributed by atoms with Crippen LogP contribution < -0.4 is 16.0 Å². The van der Waals surface area contributed by atoms with E-state index in [4.69, 9.17) is 21.6 Å². The van der Waals surface area contributed by atoms with Gasteiger partial charge in [0.1, 0.15) is 17.7 Å². The zero-order valence-corrected chi connectivity index (χ0v) is 22.6. The van der Waals surface area contributed by atoms with Gasteiger partial charge in [-0.15, -0.1) is 0 Å². The van der Waals surface area contributed by atoms with Gasteiger partial charge in [-0.1, -0.05) is 55.8 Å². The van der Waals surface area contributed by atoms with Crippen molar-refractivity contribution in [1.29, 1.82) is 0 Å². The lowest BCUT2D eigenvalue weighted by Gasteiger charge is -2.27. The Kier molecular flexibility index (Phi) is 9.06. The molecule has 8 nitrogen and oxygen atoms in total. The molecule has 1 unspecified atom stereocenters. The molecule has 0 radical (unpaired) electrons. The molecule has 1 aliphatic carbocycles. The maximum absolute atomic E-state index is 13.5. The van der Waals surface area contributed by atoms with Crippen LogP contribution in [0.5, 0.6) is 0 Å². The Balaban J connectivity index is 1.36. The number of amides is 1. The fourth-order valence-electron chi connectivity index (χ4n) is 5.01. The minimum atomic E-state index is -0.414. The summed E-state index contributed by atoms with van der Waals surface area (Å²) in [7, 11) is 0. The van der Waals surface area contributed by atoms with Crippen LogP contribution >= 0.6 is 11.6 Å². The number of carbonyl (C=O) groups is 1. The van der Waals surface area contributed by atoms with E-state index in [0.29, 0.717) is 41.6 Å². The Labute approximate surface area is 234 Å². The second-order valence-corrected chi connectivity index (χ2v) is 10.5. The molecule has 0 spiro atoms. The largest absolute Gasteiger partial charge is 0.358 e. The lowest BCUT2D eigenvalue weighted by atomic mass is 9.84. The molecule has 1 saturated carbocycles. The number of anilines is 2. The van der Waals surface area contributed by atoms with Crippen LogP contribution in [0.3, 0.4) is 0 Å². The van der Waals surface area contributed by atoms with Crippen molar-refractivity contribution >= 4 is 29.3 Å².